The van der Waals surface area contributed by atoms with Crippen molar-refractivity contribution in [2.75, 3.05) is 13.1 Å². The second kappa shape index (κ2) is 8.12. The maximum Gasteiger partial charge on any atom is 0.148 e. The van der Waals surface area contributed by atoms with Crippen molar-refractivity contribution in [1.82, 2.24) is 10.3 Å². The predicted octanol–water partition coefficient (Wildman–Crippen LogP) is 3.88. The van der Waals surface area contributed by atoms with Crippen molar-refractivity contribution in [2.24, 2.45) is 5.41 Å². The number of carbonyl (C=O) groups excluding carboxylic acids is 2. The third-order valence-corrected chi connectivity index (χ3v) is 6.74. The van der Waals surface area contributed by atoms with Gasteiger partial charge in [-0.25, -0.2) is 0 Å². The summed E-state index contributed by atoms with van der Waals surface area (Å²) in [5.41, 5.74) is 5.01. The largest absolute Gasteiger partial charge is 0.317 e. The second-order valence-corrected chi connectivity index (χ2v) is 8.73. The van der Waals surface area contributed by atoms with E-state index in [1.807, 2.05) is 25.1 Å². The van der Waals surface area contributed by atoms with E-state index >= 15 is 0 Å². The zero-order valence-corrected chi connectivity index (χ0v) is 17.6. The van der Waals surface area contributed by atoms with Crippen LogP contribution in [0.25, 0.3) is 11.3 Å². The highest BCUT2D eigenvalue weighted by molar-refractivity contribution is 6.10. The van der Waals surface area contributed by atoms with Gasteiger partial charge < -0.3 is 5.32 Å². The number of pyridine rings is 1. The fraction of sp³-hybridized carbons (Fsp3) is 0.440. The first-order valence-corrected chi connectivity index (χ1v) is 10.7. The van der Waals surface area contributed by atoms with E-state index in [1.54, 1.807) is 12.3 Å². The quantitative estimate of drug-likeness (QED) is 0.789. The zero-order chi connectivity index (χ0) is 21.3. The third-order valence-electron chi connectivity index (χ3n) is 6.74. The number of nitrogens with one attached hydrogen (secondary N) is 1. The number of aryl methyl sites for hydroxylation is 2. The molecule has 1 spiro atoms. The normalized spacial score (nSPS) is 19.1. The highest BCUT2D eigenvalue weighted by atomic mass is 16.2. The molecule has 2 heterocycles. The average molecular weight is 402 g/mol. The van der Waals surface area contributed by atoms with E-state index in [1.165, 1.54) is 0 Å². The fourth-order valence-electron chi connectivity index (χ4n) is 5.17. The summed E-state index contributed by atoms with van der Waals surface area (Å²) in [6.07, 6.45) is 5.13. The van der Waals surface area contributed by atoms with E-state index in [9.17, 15) is 9.59 Å². The van der Waals surface area contributed by atoms with Crippen LogP contribution in [0.1, 0.15) is 60.8 Å². The van der Waals surface area contributed by atoms with E-state index in [0.29, 0.717) is 18.4 Å². The lowest BCUT2D eigenvalue weighted by molar-refractivity contribution is -0.137. The van der Waals surface area contributed by atoms with E-state index in [2.05, 4.69) is 23.3 Å². The van der Waals surface area contributed by atoms with Gasteiger partial charge in [0.15, 0.2) is 0 Å². The fourth-order valence-corrected chi connectivity index (χ4v) is 5.17. The second-order valence-electron chi connectivity index (χ2n) is 8.73. The van der Waals surface area contributed by atoms with Crippen molar-refractivity contribution in [3.05, 3.63) is 52.7 Å². The first-order chi connectivity index (χ1) is 14.5. The Morgan fingerprint density at radius 2 is 1.87 bits per heavy atom. The molecule has 4 rings (SSSR count). The molecule has 5 nitrogen and oxygen atoms in total. The van der Waals surface area contributed by atoms with Crippen LogP contribution in [0.15, 0.2) is 30.5 Å². The molecule has 2 fully saturated rings. The predicted molar refractivity (Wildman–Crippen MR) is 115 cm³/mol. The first kappa shape index (κ1) is 20.4. The van der Waals surface area contributed by atoms with E-state index in [0.717, 1.165) is 60.3 Å². The molecule has 154 valence electrons. The van der Waals surface area contributed by atoms with Crippen LogP contribution < -0.4 is 5.32 Å². The van der Waals surface area contributed by atoms with Gasteiger partial charge in [-0.3, -0.25) is 14.6 Å². The number of nitriles is 1. The summed E-state index contributed by atoms with van der Waals surface area (Å²) in [6.45, 7) is 5.81. The number of hydrogen-bond donors (Lipinski definition) is 1. The molecular formula is C25H27N3O2. The smallest absolute Gasteiger partial charge is 0.148 e. The molecule has 0 bridgehead atoms. The Morgan fingerprint density at radius 1 is 1.17 bits per heavy atom. The van der Waals surface area contributed by atoms with Crippen molar-refractivity contribution in [2.45, 2.75) is 51.9 Å². The lowest BCUT2D eigenvalue weighted by atomic mass is 9.63. The van der Waals surface area contributed by atoms with E-state index < -0.39 is 5.92 Å². The minimum atomic E-state index is -0.636. The Balaban J connectivity index is 1.69. The summed E-state index contributed by atoms with van der Waals surface area (Å²) in [7, 11) is 0. The standard InChI is InChI=1S/C25H27N3O2/c1-3-18-11-19(20-5-4-17(14-26)15-28-20)10-16(2)23(18)24-21(29)12-25(13-22(24)30)6-8-27-9-7-25/h4-5,10-11,15,24,27H,3,6-9,12-13H2,1-2H3. The van der Waals surface area contributed by atoms with Crippen LogP contribution in [-0.4, -0.2) is 29.6 Å². The number of nitrogens with zero attached hydrogens (tertiary/aromatic N) is 2. The topological polar surface area (TPSA) is 82.8 Å². The Hall–Kier alpha value is -2.84. The molecule has 2 aromatic rings. The van der Waals surface area contributed by atoms with Gasteiger partial charge in [0.2, 0.25) is 0 Å². The molecule has 0 atom stereocenters. The van der Waals surface area contributed by atoms with Crippen LogP contribution in [0.3, 0.4) is 0 Å². The molecule has 1 N–H and O–H groups in total. The van der Waals surface area contributed by atoms with Crippen LogP contribution in [0, 0.1) is 23.7 Å². The zero-order valence-electron chi connectivity index (χ0n) is 17.6. The number of benzene rings is 1. The monoisotopic (exact) mass is 401 g/mol. The number of hydrogen-bond acceptors (Lipinski definition) is 5. The molecule has 0 radical (unpaired) electrons. The molecule has 2 aliphatic rings. The Morgan fingerprint density at radius 3 is 2.43 bits per heavy atom. The van der Waals surface area contributed by atoms with Crippen molar-refractivity contribution < 1.29 is 9.59 Å². The summed E-state index contributed by atoms with van der Waals surface area (Å²) < 4.78 is 0. The van der Waals surface area contributed by atoms with Gasteiger partial charge in [0, 0.05) is 24.6 Å². The van der Waals surface area contributed by atoms with Crippen LogP contribution in [-0.2, 0) is 16.0 Å². The number of piperidine rings is 1. The molecule has 1 aliphatic heterocycles. The third kappa shape index (κ3) is 3.68. The summed E-state index contributed by atoms with van der Waals surface area (Å²) in [5, 5.41) is 12.3. The van der Waals surface area contributed by atoms with Gasteiger partial charge in [-0.1, -0.05) is 6.92 Å². The first-order valence-electron chi connectivity index (χ1n) is 10.7. The molecule has 1 aromatic carbocycles. The molecule has 1 aliphatic carbocycles. The van der Waals surface area contributed by atoms with E-state index in [-0.39, 0.29) is 17.0 Å². The van der Waals surface area contributed by atoms with Gasteiger partial charge in [-0.2, -0.15) is 5.26 Å². The summed E-state index contributed by atoms with van der Waals surface area (Å²) in [4.78, 5) is 30.9. The van der Waals surface area contributed by atoms with Crippen molar-refractivity contribution in [3.8, 4) is 17.3 Å². The minimum Gasteiger partial charge on any atom is -0.317 e. The molecular weight excluding hydrogens is 374 g/mol. The number of rotatable bonds is 3. The van der Waals surface area contributed by atoms with Gasteiger partial charge in [0.1, 0.15) is 23.6 Å². The number of carbonyl (C=O) groups is 2. The molecule has 1 aromatic heterocycles. The van der Waals surface area contributed by atoms with Gasteiger partial charge in [0.05, 0.1) is 11.3 Å². The summed E-state index contributed by atoms with van der Waals surface area (Å²) in [5.74, 6) is -0.478. The summed E-state index contributed by atoms with van der Waals surface area (Å²) >= 11 is 0. The van der Waals surface area contributed by atoms with Crippen molar-refractivity contribution >= 4 is 11.6 Å². The number of aromatic nitrogens is 1. The molecule has 0 amide bonds. The molecule has 1 saturated carbocycles. The number of Topliss-reactive ketones (excluding diaryl/α,β-unsaturated/α-hetero) is 2. The lowest BCUT2D eigenvalue weighted by Crippen LogP contribution is -2.45. The number of ketones is 2. The Bertz CT molecular complexity index is 1010. The average Bonchev–Trinajstić information content (AvgIpc) is 2.74. The van der Waals surface area contributed by atoms with Gasteiger partial charge in [-0.05, 0) is 85.6 Å². The highest BCUT2D eigenvalue weighted by Gasteiger charge is 2.46. The van der Waals surface area contributed by atoms with Gasteiger partial charge in [0.25, 0.3) is 0 Å². The summed E-state index contributed by atoms with van der Waals surface area (Å²) in [6, 6.07) is 9.74. The van der Waals surface area contributed by atoms with Crippen LogP contribution in [0.4, 0.5) is 0 Å². The molecule has 0 unspecified atom stereocenters. The maximum atomic E-state index is 13.2. The van der Waals surface area contributed by atoms with Gasteiger partial charge in [-0.15, -0.1) is 0 Å². The van der Waals surface area contributed by atoms with Gasteiger partial charge >= 0.3 is 0 Å². The lowest BCUT2D eigenvalue weighted by Gasteiger charge is -2.42. The van der Waals surface area contributed by atoms with Crippen molar-refractivity contribution in [3.63, 3.8) is 0 Å². The van der Waals surface area contributed by atoms with E-state index in [4.69, 9.17) is 5.26 Å². The van der Waals surface area contributed by atoms with Crippen LogP contribution in [0.5, 0.6) is 0 Å². The highest BCUT2D eigenvalue weighted by Crippen LogP contribution is 2.46. The Labute approximate surface area is 177 Å². The molecule has 5 heteroatoms. The van der Waals surface area contributed by atoms with Crippen LogP contribution >= 0.6 is 0 Å². The van der Waals surface area contributed by atoms with Crippen molar-refractivity contribution in [1.29, 1.82) is 5.26 Å². The minimum absolute atomic E-state index is 0.0789. The molecule has 1 saturated heterocycles. The van der Waals surface area contributed by atoms with Crippen LogP contribution in [0.2, 0.25) is 0 Å². The Kier molecular flexibility index (Phi) is 5.53. The SMILES string of the molecule is CCc1cc(-c2ccc(C#N)cn2)cc(C)c1C1C(=O)CC2(CCNCC2)CC1=O. The maximum absolute atomic E-state index is 13.2. The molecule has 30 heavy (non-hydrogen) atoms.